The first kappa shape index (κ1) is 19.6. The average Bonchev–Trinajstić information content (AvgIpc) is 2.88. The first-order valence-electron chi connectivity index (χ1n) is 10.7. The lowest BCUT2D eigenvalue weighted by atomic mass is 9.96. The fraction of sp³-hybridized carbons (Fsp3) is 0. The smallest absolute Gasteiger partial charge is 0.208 e. The van der Waals surface area contributed by atoms with Crippen molar-refractivity contribution in [3.05, 3.63) is 114 Å². The van der Waals surface area contributed by atoms with E-state index in [1.54, 1.807) is 0 Å². The van der Waals surface area contributed by atoms with Gasteiger partial charge < -0.3 is 0 Å². The molecule has 1 heterocycles. The predicted molar refractivity (Wildman–Crippen MR) is 136 cm³/mol. The summed E-state index contributed by atoms with van der Waals surface area (Å²) in [7, 11) is 0. The van der Waals surface area contributed by atoms with Crippen LogP contribution in [0.3, 0.4) is 0 Å². The maximum atomic E-state index is 6.45. The van der Waals surface area contributed by atoms with E-state index >= 15 is 0 Å². The summed E-state index contributed by atoms with van der Waals surface area (Å²) < 4.78 is 0. The van der Waals surface area contributed by atoms with Crippen LogP contribution in [0.25, 0.3) is 55.4 Å². The molecule has 0 aliphatic carbocycles. The molecule has 0 aliphatic heterocycles. The number of hydrogen-bond acceptors (Lipinski definition) is 3. The zero-order valence-electron chi connectivity index (χ0n) is 17.6. The molecule has 0 bridgehead atoms. The van der Waals surface area contributed by atoms with Gasteiger partial charge in [-0.05, 0) is 56.4 Å². The Hall–Kier alpha value is -4.08. The predicted octanol–water partition coefficient (Wildman–Crippen LogP) is 7.83. The third kappa shape index (κ3) is 3.63. The molecule has 1 aromatic heterocycles. The third-order valence-electron chi connectivity index (χ3n) is 5.85. The van der Waals surface area contributed by atoms with E-state index in [-0.39, 0.29) is 5.28 Å². The highest BCUT2D eigenvalue weighted by Gasteiger charge is 2.15. The zero-order valence-corrected chi connectivity index (χ0v) is 18.4. The minimum atomic E-state index is 0.178. The van der Waals surface area contributed by atoms with Crippen molar-refractivity contribution in [2.24, 2.45) is 0 Å². The molecule has 0 amide bonds. The van der Waals surface area contributed by atoms with Crippen LogP contribution in [0.1, 0.15) is 0 Å². The number of rotatable bonds is 3. The lowest BCUT2D eigenvalue weighted by molar-refractivity contribution is 1.07. The molecule has 5 aromatic carbocycles. The van der Waals surface area contributed by atoms with E-state index in [1.165, 1.54) is 0 Å². The van der Waals surface area contributed by atoms with Crippen molar-refractivity contribution in [2.45, 2.75) is 0 Å². The van der Waals surface area contributed by atoms with Gasteiger partial charge in [-0.1, -0.05) is 97.1 Å². The first-order chi connectivity index (χ1) is 16.3. The molecule has 0 radical (unpaired) electrons. The Kier molecular flexibility index (Phi) is 4.82. The molecule has 0 saturated carbocycles. The second kappa shape index (κ2) is 8.12. The normalized spacial score (nSPS) is 11.2. The zero-order chi connectivity index (χ0) is 22.2. The van der Waals surface area contributed by atoms with Crippen molar-refractivity contribution >= 4 is 33.1 Å². The second-order valence-corrected chi connectivity index (χ2v) is 8.23. The Balaban J connectivity index is 1.60. The van der Waals surface area contributed by atoms with E-state index in [0.717, 1.165) is 43.8 Å². The monoisotopic (exact) mass is 443 g/mol. The molecule has 33 heavy (non-hydrogen) atoms. The molecule has 0 unspecified atom stereocenters. The largest absolute Gasteiger partial charge is 0.226 e. The number of nitrogens with zero attached hydrogens (tertiary/aromatic N) is 3. The van der Waals surface area contributed by atoms with Crippen LogP contribution >= 0.6 is 11.6 Å². The van der Waals surface area contributed by atoms with E-state index in [0.29, 0.717) is 11.6 Å². The van der Waals surface area contributed by atoms with Crippen LogP contribution in [0.2, 0.25) is 5.28 Å². The highest BCUT2D eigenvalue weighted by molar-refractivity contribution is 6.28. The van der Waals surface area contributed by atoms with Gasteiger partial charge in [0.2, 0.25) is 5.28 Å². The second-order valence-electron chi connectivity index (χ2n) is 7.89. The quantitative estimate of drug-likeness (QED) is 0.279. The molecule has 6 rings (SSSR count). The van der Waals surface area contributed by atoms with Gasteiger partial charge in [-0.2, -0.15) is 9.97 Å². The third-order valence-corrected chi connectivity index (χ3v) is 6.02. The van der Waals surface area contributed by atoms with E-state index < -0.39 is 0 Å². The van der Waals surface area contributed by atoms with Gasteiger partial charge in [0.05, 0.1) is 0 Å². The Morgan fingerprint density at radius 2 is 1.06 bits per heavy atom. The average molecular weight is 444 g/mol. The Morgan fingerprint density at radius 3 is 1.85 bits per heavy atom. The molecule has 156 valence electrons. The molecule has 0 fully saturated rings. The highest BCUT2D eigenvalue weighted by atomic mass is 35.5. The highest BCUT2D eigenvalue weighted by Crippen LogP contribution is 2.34. The molecule has 0 spiro atoms. The first-order valence-corrected chi connectivity index (χ1v) is 11.1. The Labute approximate surface area is 196 Å². The van der Waals surface area contributed by atoms with Gasteiger partial charge in [-0.3, -0.25) is 0 Å². The van der Waals surface area contributed by atoms with Crippen molar-refractivity contribution in [1.82, 2.24) is 15.0 Å². The number of benzene rings is 5. The van der Waals surface area contributed by atoms with Crippen LogP contribution in [0, 0.1) is 0 Å². The van der Waals surface area contributed by atoms with Crippen LogP contribution in [0.5, 0.6) is 0 Å². The summed E-state index contributed by atoms with van der Waals surface area (Å²) in [5.41, 5.74) is 4.10. The number of fused-ring (bicyclic) bond motifs is 2. The van der Waals surface area contributed by atoms with Gasteiger partial charge in [0.25, 0.3) is 0 Å². The molecule has 0 atom stereocenters. The molecule has 0 saturated heterocycles. The number of aromatic nitrogens is 3. The SMILES string of the molecule is Clc1nc(-c2cccc3ccccc23)nc(-c2cc(-c3ccccc3)cc3ccccc23)n1. The molecule has 6 aromatic rings. The van der Waals surface area contributed by atoms with Gasteiger partial charge in [-0.25, -0.2) is 4.98 Å². The van der Waals surface area contributed by atoms with Crippen LogP contribution < -0.4 is 0 Å². The maximum Gasteiger partial charge on any atom is 0.226 e. The fourth-order valence-corrected chi connectivity index (χ4v) is 4.46. The molecule has 4 heteroatoms. The number of hydrogen-bond donors (Lipinski definition) is 0. The van der Waals surface area contributed by atoms with Crippen LogP contribution in [-0.2, 0) is 0 Å². The lowest BCUT2D eigenvalue weighted by Crippen LogP contribution is -1.98. The molecular weight excluding hydrogens is 426 g/mol. The van der Waals surface area contributed by atoms with Crippen LogP contribution in [0.4, 0.5) is 0 Å². The van der Waals surface area contributed by atoms with E-state index in [9.17, 15) is 0 Å². The van der Waals surface area contributed by atoms with E-state index in [2.05, 4.69) is 64.6 Å². The van der Waals surface area contributed by atoms with Gasteiger partial charge in [0.15, 0.2) is 11.6 Å². The minimum absolute atomic E-state index is 0.178. The van der Waals surface area contributed by atoms with Crippen molar-refractivity contribution < 1.29 is 0 Å². The fourth-order valence-electron chi connectivity index (χ4n) is 4.30. The topological polar surface area (TPSA) is 38.7 Å². The van der Waals surface area contributed by atoms with E-state index in [1.807, 2.05) is 54.6 Å². The minimum Gasteiger partial charge on any atom is -0.208 e. The van der Waals surface area contributed by atoms with Crippen molar-refractivity contribution in [3.63, 3.8) is 0 Å². The van der Waals surface area contributed by atoms with Gasteiger partial charge in [0, 0.05) is 11.1 Å². The summed E-state index contributed by atoms with van der Waals surface area (Å²) in [4.78, 5) is 13.9. The molecule has 0 N–H and O–H groups in total. The maximum absolute atomic E-state index is 6.45. The van der Waals surface area contributed by atoms with Crippen molar-refractivity contribution in [3.8, 4) is 33.9 Å². The van der Waals surface area contributed by atoms with Gasteiger partial charge in [0.1, 0.15) is 0 Å². The summed E-state index contributed by atoms with van der Waals surface area (Å²) in [6, 6.07) is 37.3. The van der Waals surface area contributed by atoms with Crippen LogP contribution in [-0.4, -0.2) is 15.0 Å². The summed E-state index contributed by atoms with van der Waals surface area (Å²) in [5, 5.41) is 4.58. The summed E-state index contributed by atoms with van der Waals surface area (Å²) >= 11 is 6.45. The molecule has 3 nitrogen and oxygen atoms in total. The van der Waals surface area contributed by atoms with Crippen molar-refractivity contribution in [1.29, 1.82) is 0 Å². The molecular formula is C29H18ClN3. The Bertz CT molecular complexity index is 1620. The Morgan fingerprint density at radius 1 is 0.455 bits per heavy atom. The molecule has 0 aliphatic rings. The van der Waals surface area contributed by atoms with Crippen molar-refractivity contribution in [2.75, 3.05) is 0 Å². The summed E-state index contributed by atoms with van der Waals surface area (Å²) in [6.45, 7) is 0. The van der Waals surface area contributed by atoms with Gasteiger partial charge in [-0.15, -0.1) is 0 Å². The lowest BCUT2D eigenvalue weighted by Gasteiger charge is -2.12. The van der Waals surface area contributed by atoms with Crippen LogP contribution in [0.15, 0.2) is 109 Å². The summed E-state index contributed by atoms with van der Waals surface area (Å²) in [5.74, 6) is 1.13. The van der Waals surface area contributed by atoms with E-state index in [4.69, 9.17) is 16.6 Å². The number of halogens is 1. The standard InChI is InChI=1S/C29H18ClN3/c30-29-32-27(25-16-8-13-20-11-4-6-14-23(20)25)31-28(33-29)26-18-22(19-9-2-1-3-10-19)17-21-12-5-7-15-24(21)26/h1-18H. The van der Waals surface area contributed by atoms with Gasteiger partial charge >= 0.3 is 0 Å². The summed E-state index contributed by atoms with van der Waals surface area (Å²) in [6.07, 6.45) is 0.